The third-order valence-electron chi connectivity index (χ3n) is 6.79. The van der Waals surface area contributed by atoms with Gasteiger partial charge in [-0.05, 0) is 75.3 Å². The van der Waals surface area contributed by atoms with E-state index in [2.05, 4.69) is 30.8 Å². The van der Waals surface area contributed by atoms with E-state index >= 15 is 0 Å². The molecule has 1 N–H and O–H groups in total. The molecular weight excluding hydrogens is 551 g/mol. The average Bonchev–Trinajstić information content (AvgIpc) is 3.34. The second-order valence-electron chi connectivity index (χ2n) is 9.74. The average molecular weight is 584 g/mol. The molecule has 1 fully saturated rings. The van der Waals surface area contributed by atoms with Crippen LogP contribution in [0.4, 0.5) is 18.9 Å². The Balaban J connectivity index is 0.000000262. The van der Waals surface area contributed by atoms with Gasteiger partial charge in [-0.1, -0.05) is 6.07 Å². The molecule has 0 spiro atoms. The predicted octanol–water partition coefficient (Wildman–Crippen LogP) is 5.81. The number of likely N-dealkylation sites (tertiary alicyclic amines) is 1. The van der Waals surface area contributed by atoms with Gasteiger partial charge < -0.3 is 19.4 Å². The fourth-order valence-corrected chi connectivity index (χ4v) is 4.63. The number of benzene rings is 2. The summed E-state index contributed by atoms with van der Waals surface area (Å²) < 4.78 is 49.5. The highest BCUT2D eigenvalue weighted by Gasteiger charge is 2.30. The lowest BCUT2D eigenvalue weighted by Crippen LogP contribution is -2.36. The summed E-state index contributed by atoms with van der Waals surface area (Å²) in [5, 5.41) is 3.27. The van der Waals surface area contributed by atoms with Crippen LogP contribution in [0.1, 0.15) is 31.0 Å². The Hall–Kier alpha value is -4.45. The number of aryl methyl sites for hydroxylation is 1. The van der Waals surface area contributed by atoms with E-state index in [4.69, 9.17) is 9.47 Å². The van der Waals surface area contributed by atoms with Crippen molar-refractivity contribution in [2.24, 2.45) is 13.0 Å². The summed E-state index contributed by atoms with van der Waals surface area (Å²) in [7, 11) is 2.02. The quantitative estimate of drug-likeness (QED) is 0.207. The molecule has 9 nitrogen and oxygen atoms in total. The number of alkyl halides is 3. The van der Waals surface area contributed by atoms with Gasteiger partial charge in [-0.3, -0.25) is 14.5 Å². The van der Waals surface area contributed by atoms with Gasteiger partial charge in [-0.2, -0.15) is 13.2 Å². The van der Waals surface area contributed by atoms with Crippen LogP contribution in [-0.4, -0.2) is 51.5 Å². The summed E-state index contributed by atoms with van der Waals surface area (Å²) in [6.45, 7) is 4.72. The number of rotatable bonds is 8. The van der Waals surface area contributed by atoms with Crippen molar-refractivity contribution in [3.8, 4) is 11.6 Å². The summed E-state index contributed by atoms with van der Waals surface area (Å²) in [6.07, 6.45) is 1.17. The summed E-state index contributed by atoms with van der Waals surface area (Å²) in [4.78, 5) is 32.8. The number of halogens is 3. The zero-order chi connectivity index (χ0) is 30.1. The van der Waals surface area contributed by atoms with Crippen LogP contribution in [0.5, 0.6) is 11.6 Å². The molecule has 3 heterocycles. The van der Waals surface area contributed by atoms with E-state index in [1.165, 1.54) is 18.5 Å². The normalized spacial score (nSPS) is 14.1. The van der Waals surface area contributed by atoms with Gasteiger partial charge in [0, 0.05) is 42.4 Å². The smallest absolute Gasteiger partial charge is 0.416 e. The zero-order valence-electron chi connectivity index (χ0n) is 23.3. The molecule has 0 radical (unpaired) electrons. The van der Waals surface area contributed by atoms with Crippen molar-refractivity contribution in [1.29, 1.82) is 0 Å². The molecule has 0 aliphatic carbocycles. The first-order valence-electron chi connectivity index (χ1n) is 13.5. The summed E-state index contributed by atoms with van der Waals surface area (Å²) >= 11 is 0. The van der Waals surface area contributed by atoms with Crippen LogP contribution in [0, 0.1) is 5.92 Å². The van der Waals surface area contributed by atoms with Crippen molar-refractivity contribution in [2.75, 3.05) is 25.0 Å². The van der Waals surface area contributed by atoms with E-state index in [1.54, 1.807) is 0 Å². The number of ether oxygens (including phenoxy) is 2. The fourth-order valence-electron chi connectivity index (χ4n) is 4.63. The number of hydrogen-bond donors (Lipinski definition) is 1. The summed E-state index contributed by atoms with van der Waals surface area (Å²) in [5.74, 6) is 1.24. The monoisotopic (exact) mass is 583 g/mol. The Bertz CT molecular complexity index is 1500. The number of aromatic nitrogens is 3. The van der Waals surface area contributed by atoms with Gasteiger partial charge in [0.15, 0.2) is 0 Å². The number of fused-ring (bicyclic) bond motifs is 1. The number of hydrogen-bond acceptors (Lipinski definition) is 7. The first kappa shape index (κ1) is 30.5. The molecule has 0 saturated carbocycles. The molecule has 1 aliphatic heterocycles. The molecule has 42 heavy (non-hydrogen) atoms. The molecule has 1 saturated heterocycles. The standard InChI is InChI=1S/C22H26N4O3.C8H6F3NO/c1-3-28-22(27)16-7-10-26(11-8-16)14-18-13-21(24-15-23-18)29-19-4-5-20-17(12-19)6-9-25(20)2;9-8(10,11)6-2-1-3-7(4-6)12-5-13/h4-6,9,12-13,15-16H,3,7-8,10-11,14H2,1-2H3;1-5H,(H,12,13). The molecule has 2 aromatic carbocycles. The highest BCUT2D eigenvalue weighted by molar-refractivity contribution is 5.81. The largest absolute Gasteiger partial charge is 0.466 e. The van der Waals surface area contributed by atoms with Crippen molar-refractivity contribution in [1.82, 2.24) is 19.4 Å². The maximum Gasteiger partial charge on any atom is 0.416 e. The number of esters is 1. The van der Waals surface area contributed by atoms with Crippen LogP contribution < -0.4 is 10.1 Å². The fraction of sp³-hybridized carbons (Fsp3) is 0.333. The lowest BCUT2D eigenvalue weighted by atomic mass is 9.97. The third-order valence-corrected chi connectivity index (χ3v) is 6.79. The first-order valence-corrected chi connectivity index (χ1v) is 13.5. The number of nitrogens with one attached hydrogen (secondary N) is 1. The molecule has 5 rings (SSSR count). The number of carbonyl (C=O) groups excluding carboxylic acids is 2. The second-order valence-corrected chi connectivity index (χ2v) is 9.74. The van der Waals surface area contributed by atoms with Crippen LogP contribution in [0.3, 0.4) is 0 Å². The number of anilines is 1. The highest BCUT2D eigenvalue weighted by Crippen LogP contribution is 2.30. The van der Waals surface area contributed by atoms with Crippen LogP contribution in [0.25, 0.3) is 10.9 Å². The highest BCUT2D eigenvalue weighted by atomic mass is 19.4. The molecule has 4 aromatic rings. The predicted molar refractivity (Wildman–Crippen MR) is 151 cm³/mol. The van der Waals surface area contributed by atoms with Crippen molar-refractivity contribution in [3.05, 3.63) is 78.4 Å². The topological polar surface area (TPSA) is 98.6 Å². The molecule has 0 atom stereocenters. The summed E-state index contributed by atoms with van der Waals surface area (Å²) in [6, 6.07) is 14.4. The van der Waals surface area contributed by atoms with E-state index in [9.17, 15) is 22.8 Å². The van der Waals surface area contributed by atoms with Crippen molar-refractivity contribution < 1.29 is 32.2 Å². The van der Waals surface area contributed by atoms with Gasteiger partial charge in [-0.25, -0.2) is 9.97 Å². The number of piperidine rings is 1. The molecular formula is C30H32F3N5O4. The minimum absolute atomic E-state index is 0.0170. The minimum Gasteiger partial charge on any atom is -0.466 e. The molecule has 222 valence electrons. The molecule has 2 aromatic heterocycles. The van der Waals surface area contributed by atoms with Gasteiger partial charge in [0.2, 0.25) is 12.3 Å². The van der Waals surface area contributed by atoms with E-state index in [0.29, 0.717) is 25.4 Å². The van der Waals surface area contributed by atoms with Crippen LogP contribution in [0.15, 0.2) is 67.1 Å². The SMILES string of the molecule is CCOC(=O)C1CCN(Cc2cc(Oc3ccc4c(ccn4C)c3)ncn2)CC1.O=CNc1cccc(C(F)(F)F)c1. The van der Waals surface area contributed by atoms with Gasteiger partial charge >= 0.3 is 12.1 Å². The zero-order valence-corrected chi connectivity index (χ0v) is 23.3. The van der Waals surface area contributed by atoms with E-state index in [1.807, 2.05) is 44.4 Å². The van der Waals surface area contributed by atoms with E-state index in [0.717, 1.165) is 60.4 Å². The number of carbonyl (C=O) groups is 2. The van der Waals surface area contributed by atoms with Crippen molar-refractivity contribution >= 4 is 29.0 Å². The minimum atomic E-state index is -4.37. The maximum atomic E-state index is 12.1. The Morgan fingerprint density at radius 2 is 1.88 bits per heavy atom. The Morgan fingerprint density at radius 3 is 2.60 bits per heavy atom. The molecule has 1 amide bonds. The van der Waals surface area contributed by atoms with E-state index < -0.39 is 11.7 Å². The van der Waals surface area contributed by atoms with E-state index in [-0.39, 0.29) is 17.6 Å². The third kappa shape index (κ3) is 8.29. The molecule has 1 aliphatic rings. The van der Waals surface area contributed by atoms with Gasteiger partial charge in [-0.15, -0.1) is 0 Å². The van der Waals surface area contributed by atoms with Crippen molar-refractivity contribution in [2.45, 2.75) is 32.5 Å². The summed E-state index contributed by atoms with van der Waals surface area (Å²) in [5.41, 5.74) is 1.42. The lowest BCUT2D eigenvalue weighted by molar-refractivity contribution is -0.149. The van der Waals surface area contributed by atoms with Crippen molar-refractivity contribution in [3.63, 3.8) is 0 Å². The lowest BCUT2D eigenvalue weighted by Gasteiger charge is -2.30. The van der Waals surface area contributed by atoms with Gasteiger partial charge in [0.1, 0.15) is 12.1 Å². The Morgan fingerprint density at radius 1 is 1.10 bits per heavy atom. The van der Waals surface area contributed by atoms with Gasteiger partial charge in [0.25, 0.3) is 0 Å². The Labute approximate surface area is 241 Å². The maximum absolute atomic E-state index is 12.1. The Kier molecular flexibility index (Phi) is 10.1. The van der Waals surface area contributed by atoms with Crippen LogP contribution in [0.2, 0.25) is 0 Å². The first-order chi connectivity index (χ1) is 20.2. The number of amides is 1. The van der Waals surface area contributed by atoms with Crippen LogP contribution in [-0.2, 0) is 34.1 Å². The number of nitrogens with zero attached hydrogens (tertiary/aromatic N) is 4. The molecule has 0 unspecified atom stereocenters. The van der Waals surface area contributed by atoms with Gasteiger partial charge in [0.05, 0.1) is 23.8 Å². The van der Waals surface area contributed by atoms with Crippen LogP contribution >= 0.6 is 0 Å². The molecule has 12 heteroatoms. The second kappa shape index (κ2) is 13.9. The molecule has 0 bridgehead atoms.